The van der Waals surface area contributed by atoms with E-state index in [-0.39, 0.29) is 13.2 Å². The van der Waals surface area contributed by atoms with Gasteiger partial charge in [-0.25, -0.2) is 14.3 Å². The predicted molar refractivity (Wildman–Crippen MR) is 140 cm³/mol. The van der Waals surface area contributed by atoms with Gasteiger partial charge in [0.25, 0.3) is 5.78 Å². The summed E-state index contributed by atoms with van der Waals surface area (Å²) in [4.78, 5) is 31.9. The first-order valence-corrected chi connectivity index (χ1v) is 12.3. The molecule has 0 bridgehead atoms. The SMILES string of the molecule is CCC(CC)CC.COC(=O)C(=C=[N-])C(=O)C(F)(F)F.COC(=O)c1c(C(F)(F)F)nn(CCO)c1N.NCCCO. The molecule has 0 amide bonds. The molecule has 0 unspecified atom stereocenters. The number of esters is 2. The number of halogens is 6. The minimum atomic E-state index is -5.24. The molecule has 42 heavy (non-hydrogen) atoms. The van der Waals surface area contributed by atoms with E-state index in [9.17, 15) is 40.7 Å². The van der Waals surface area contributed by atoms with Gasteiger partial charge in [0, 0.05) is 6.61 Å². The predicted octanol–water partition coefficient (Wildman–Crippen LogP) is 2.88. The number of aliphatic hydroxyl groups is 2. The molecule has 1 rings (SSSR count). The summed E-state index contributed by atoms with van der Waals surface area (Å²) in [5.41, 5.74) is 6.50. The number of nitrogens with two attached hydrogens (primary N) is 2. The van der Waals surface area contributed by atoms with Crippen LogP contribution < -0.4 is 11.5 Å². The summed E-state index contributed by atoms with van der Waals surface area (Å²) in [6, 6.07) is 0. The first kappa shape index (κ1) is 43.0. The Hall–Kier alpha value is -3.47. The topological polar surface area (TPSA) is 202 Å². The number of alkyl halides is 6. The molecule has 244 valence electrons. The maximum absolute atomic E-state index is 12.6. The smallest absolute Gasteiger partial charge is 0.455 e. The lowest BCUT2D eigenvalue weighted by Crippen LogP contribution is -2.29. The highest BCUT2D eigenvalue weighted by Crippen LogP contribution is 2.34. The molecule has 12 nitrogen and oxygen atoms in total. The van der Waals surface area contributed by atoms with Gasteiger partial charge >= 0.3 is 24.3 Å². The van der Waals surface area contributed by atoms with E-state index in [0.717, 1.165) is 32.4 Å². The number of rotatable bonds is 10. The zero-order valence-corrected chi connectivity index (χ0v) is 23.9. The molecular weight excluding hydrogens is 584 g/mol. The fourth-order valence-corrected chi connectivity index (χ4v) is 2.63. The van der Waals surface area contributed by atoms with Crippen molar-refractivity contribution in [1.82, 2.24) is 9.78 Å². The third-order valence-corrected chi connectivity index (χ3v) is 5.04. The number of carbonyl (C=O) groups is 3. The van der Waals surface area contributed by atoms with Crippen LogP contribution in [0.1, 0.15) is 62.5 Å². The van der Waals surface area contributed by atoms with E-state index in [1.165, 1.54) is 19.3 Å². The highest BCUT2D eigenvalue weighted by Gasteiger charge is 2.43. The molecular formula is C24H38F6N5O7-. The van der Waals surface area contributed by atoms with Crippen LogP contribution in [0.4, 0.5) is 32.2 Å². The van der Waals surface area contributed by atoms with E-state index in [1.807, 2.05) is 0 Å². The number of carbonyl (C=O) groups excluding carboxylic acids is 3. The number of nitrogen functional groups attached to an aromatic ring is 1. The van der Waals surface area contributed by atoms with Gasteiger partial charge in [0.15, 0.2) is 5.69 Å². The van der Waals surface area contributed by atoms with Crippen molar-refractivity contribution in [3.05, 3.63) is 22.2 Å². The maximum Gasteiger partial charge on any atom is 0.455 e. The standard InChI is InChI=1S/C8H10F3N3O3.C7H16.C6H3F3NO3.C3H9NO/c1-17-7(16)4-5(8(9,10)11)13-14(2-3-15)6(4)12;1-4-7(5-2)6-3;1-13-5(12)3(2-10)4(11)6(7,8)9;4-2-1-3-5/h15H,2-3,12H2,1H3;7H,4-6H2,1-3H3;1H3;5H,1-4H2/q;;-1;. The summed E-state index contributed by atoms with van der Waals surface area (Å²) in [6.45, 7) is 6.90. The lowest BCUT2D eigenvalue weighted by molar-refractivity contribution is -0.168. The van der Waals surface area contributed by atoms with Gasteiger partial charge in [-0.15, -0.1) is 0 Å². The Morgan fingerprint density at radius 1 is 1.00 bits per heavy atom. The number of aromatic nitrogens is 2. The maximum atomic E-state index is 12.6. The Balaban J connectivity index is -0.000000536. The van der Waals surface area contributed by atoms with E-state index >= 15 is 0 Å². The van der Waals surface area contributed by atoms with E-state index in [2.05, 4.69) is 35.3 Å². The number of ether oxygens (including phenoxy) is 2. The number of aliphatic hydroxyl groups excluding tert-OH is 2. The van der Waals surface area contributed by atoms with Crippen LogP contribution in [0.15, 0.2) is 5.57 Å². The first-order chi connectivity index (χ1) is 19.4. The summed E-state index contributed by atoms with van der Waals surface area (Å²) in [6.07, 6.45) is -5.27. The first-order valence-electron chi connectivity index (χ1n) is 12.3. The number of hydrogen-bond donors (Lipinski definition) is 4. The average Bonchev–Trinajstić information content (AvgIpc) is 3.27. The molecule has 0 radical (unpaired) electrons. The molecule has 1 aromatic heterocycles. The lowest BCUT2D eigenvalue weighted by Gasteiger charge is -2.05. The Bertz CT molecular complexity index is 996. The van der Waals surface area contributed by atoms with E-state index in [1.54, 1.807) is 0 Å². The van der Waals surface area contributed by atoms with Crippen molar-refractivity contribution in [2.24, 2.45) is 11.7 Å². The van der Waals surface area contributed by atoms with Crippen LogP contribution in [0.2, 0.25) is 0 Å². The summed E-state index contributed by atoms with van der Waals surface area (Å²) < 4.78 is 81.4. The van der Waals surface area contributed by atoms with Gasteiger partial charge in [0.05, 0.1) is 27.4 Å². The molecule has 0 saturated carbocycles. The second kappa shape index (κ2) is 22.2. The number of hydrogen-bond acceptors (Lipinski definition) is 10. The minimum Gasteiger partial charge on any atom is -0.762 e. The quantitative estimate of drug-likeness (QED) is 0.0750. The van der Waals surface area contributed by atoms with Gasteiger partial charge in [-0.05, 0) is 18.9 Å². The fraction of sp³-hybridized carbons (Fsp3) is 0.667. The number of methoxy groups -OCH3 is 2. The number of anilines is 1. The van der Waals surface area contributed by atoms with Crippen molar-refractivity contribution in [2.45, 2.75) is 65.4 Å². The molecule has 18 heteroatoms. The molecule has 0 aliphatic carbocycles. The minimum absolute atomic E-state index is 0.219. The third kappa shape index (κ3) is 16.1. The van der Waals surface area contributed by atoms with Gasteiger partial charge in [0.2, 0.25) is 0 Å². The Morgan fingerprint density at radius 2 is 1.50 bits per heavy atom. The third-order valence-electron chi connectivity index (χ3n) is 5.04. The van der Waals surface area contributed by atoms with Crippen LogP contribution in [0.5, 0.6) is 0 Å². The second-order valence-corrected chi connectivity index (χ2v) is 7.81. The molecule has 0 saturated heterocycles. The van der Waals surface area contributed by atoms with E-state index in [4.69, 9.17) is 27.1 Å². The molecule has 0 aliphatic heterocycles. The van der Waals surface area contributed by atoms with Crippen LogP contribution in [0.25, 0.3) is 5.41 Å². The van der Waals surface area contributed by atoms with Crippen molar-refractivity contribution in [3.8, 4) is 0 Å². The second-order valence-electron chi connectivity index (χ2n) is 7.81. The molecule has 0 spiro atoms. The van der Waals surface area contributed by atoms with Crippen molar-refractivity contribution in [3.63, 3.8) is 0 Å². The van der Waals surface area contributed by atoms with Gasteiger partial charge in [-0.2, -0.15) is 31.4 Å². The summed E-state index contributed by atoms with van der Waals surface area (Å²) >= 11 is 0. The Kier molecular flexibility index (Phi) is 22.7. The number of nitrogens with zero attached hydrogens (tertiary/aromatic N) is 3. The van der Waals surface area contributed by atoms with Crippen LogP contribution in [0.3, 0.4) is 0 Å². The Morgan fingerprint density at radius 3 is 1.74 bits per heavy atom. The summed E-state index contributed by atoms with van der Waals surface area (Å²) in [5, 5.41) is 27.8. The molecule has 0 fully saturated rings. The molecule has 6 N–H and O–H groups in total. The summed E-state index contributed by atoms with van der Waals surface area (Å²) in [7, 11) is 1.70. The van der Waals surface area contributed by atoms with Gasteiger partial charge in [-0.1, -0.05) is 40.0 Å². The van der Waals surface area contributed by atoms with Crippen LogP contribution in [-0.2, 0) is 31.8 Å². The van der Waals surface area contributed by atoms with Gasteiger partial charge < -0.3 is 36.6 Å². The number of ketones is 1. The van der Waals surface area contributed by atoms with Gasteiger partial charge in [0.1, 0.15) is 17.0 Å². The van der Waals surface area contributed by atoms with Crippen LogP contribution in [0, 0.1) is 5.92 Å². The molecule has 1 heterocycles. The highest BCUT2D eigenvalue weighted by atomic mass is 19.4. The van der Waals surface area contributed by atoms with E-state index in [0.29, 0.717) is 11.2 Å². The zero-order chi connectivity index (χ0) is 33.7. The lowest BCUT2D eigenvalue weighted by atomic mass is 10.0. The highest BCUT2D eigenvalue weighted by molar-refractivity contribution is 6.25. The number of Topliss-reactive ketones (excluding diaryl/α,β-unsaturated/α-hetero) is 1. The van der Waals surface area contributed by atoms with Gasteiger partial charge in [-0.3, -0.25) is 10.7 Å². The van der Waals surface area contributed by atoms with Crippen LogP contribution in [-0.4, -0.2) is 83.7 Å². The van der Waals surface area contributed by atoms with Crippen molar-refractivity contribution in [2.75, 3.05) is 39.7 Å². The molecule has 1 aromatic rings. The van der Waals surface area contributed by atoms with E-state index < -0.39 is 59.3 Å². The Labute approximate surface area is 239 Å². The van der Waals surface area contributed by atoms with Crippen molar-refractivity contribution >= 4 is 29.4 Å². The normalized spacial score (nSPS) is 10.5. The monoisotopic (exact) mass is 622 g/mol. The van der Waals surface area contributed by atoms with Crippen molar-refractivity contribution < 1.29 is 60.4 Å². The fourth-order valence-electron chi connectivity index (χ4n) is 2.63. The van der Waals surface area contributed by atoms with Crippen molar-refractivity contribution in [1.29, 1.82) is 0 Å². The van der Waals surface area contributed by atoms with Crippen LogP contribution >= 0.6 is 0 Å². The molecule has 0 aliphatic rings. The summed E-state index contributed by atoms with van der Waals surface area (Å²) in [5.74, 6) is -3.98. The zero-order valence-electron chi connectivity index (χ0n) is 23.9. The molecule has 0 atom stereocenters. The molecule has 0 aromatic carbocycles. The average molecular weight is 623 g/mol. The largest absolute Gasteiger partial charge is 0.762 e.